The van der Waals surface area contributed by atoms with Crippen molar-refractivity contribution in [3.8, 4) is 17.2 Å². The average molecular weight is 507 g/mol. The molecule has 3 aromatic rings. The summed E-state index contributed by atoms with van der Waals surface area (Å²) in [6.45, 7) is 0.951. The topological polar surface area (TPSA) is 68.3 Å². The van der Waals surface area contributed by atoms with E-state index in [0.29, 0.717) is 36.0 Å². The second-order valence-electron chi connectivity index (χ2n) is 9.01. The Kier molecular flexibility index (Phi) is 7.13. The van der Waals surface area contributed by atoms with Gasteiger partial charge < -0.3 is 24.0 Å². The maximum atomic E-state index is 13.7. The number of benzene rings is 2. The Morgan fingerprint density at radius 2 is 1.83 bits per heavy atom. The van der Waals surface area contributed by atoms with Gasteiger partial charge in [0.05, 0.1) is 20.3 Å². The summed E-state index contributed by atoms with van der Waals surface area (Å²) in [5.41, 5.74) is 1.65. The van der Waals surface area contributed by atoms with Crippen molar-refractivity contribution in [2.75, 3.05) is 33.9 Å². The van der Waals surface area contributed by atoms with E-state index in [1.165, 1.54) is 4.88 Å². The first kappa shape index (κ1) is 24.2. The second kappa shape index (κ2) is 10.6. The maximum absolute atomic E-state index is 13.7. The lowest BCUT2D eigenvalue weighted by atomic mass is 10.0. The maximum Gasteiger partial charge on any atom is 0.254 e. The smallest absolute Gasteiger partial charge is 0.254 e. The first-order valence-corrected chi connectivity index (χ1v) is 13.0. The molecule has 2 aromatic carbocycles. The molecule has 1 aliphatic heterocycles. The molecule has 1 aliphatic carbocycles. The van der Waals surface area contributed by atoms with Crippen molar-refractivity contribution in [1.29, 1.82) is 0 Å². The molecular weight excluding hydrogens is 476 g/mol. The van der Waals surface area contributed by atoms with Crippen molar-refractivity contribution in [1.82, 2.24) is 9.80 Å². The summed E-state index contributed by atoms with van der Waals surface area (Å²) in [7, 11) is 3.19. The molecule has 0 N–H and O–H groups in total. The van der Waals surface area contributed by atoms with Gasteiger partial charge >= 0.3 is 0 Å². The molecule has 2 amide bonds. The van der Waals surface area contributed by atoms with Gasteiger partial charge in [0.25, 0.3) is 5.91 Å². The van der Waals surface area contributed by atoms with E-state index in [1.807, 2.05) is 35.2 Å². The highest BCUT2D eigenvalue weighted by Gasteiger charge is 2.38. The van der Waals surface area contributed by atoms with Gasteiger partial charge in [0, 0.05) is 23.0 Å². The minimum atomic E-state index is -0.231. The molecule has 1 aromatic heterocycles. The molecule has 1 atom stereocenters. The van der Waals surface area contributed by atoms with E-state index in [4.69, 9.17) is 14.2 Å². The van der Waals surface area contributed by atoms with Crippen molar-refractivity contribution < 1.29 is 23.8 Å². The summed E-state index contributed by atoms with van der Waals surface area (Å²) in [5, 5.41) is 2.07. The van der Waals surface area contributed by atoms with Crippen LogP contribution in [0.4, 0.5) is 0 Å². The Hall–Kier alpha value is -3.52. The summed E-state index contributed by atoms with van der Waals surface area (Å²) in [6.07, 6.45) is 2.63. The van der Waals surface area contributed by atoms with Crippen molar-refractivity contribution in [2.45, 2.75) is 31.3 Å². The van der Waals surface area contributed by atoms with Crippen molar-refractivity contribution >= 4 is 23.2 Å². The van der Waals surface area contributed by atoms with Crippen LogP contribution in [0.5, 0.6) is 17.2 Å². The molecular formula is C28H30N2O5S. The Bertz CT molecular complexity index is 1240. The van der Waals surface area contributed by atoms with Gasteiger partial charge in [-0.25, -0.2) is 0 Å². The van der Waals surface area contributed by atoms with E-state index < -0.39 is 0 Å². The van der Waals surface area contributed by atoms with Crippen molar-refractivity contribution in [3.05, 3.63) is 76.0 Å². The molecule has 7 nitrogen and oxygen atoms in total. The van der Waals surface area contributed by atoms with E-state index in [2.05, 4.69) is 11.4 Å². The molecule has 0 bridgehead atoms. The molecule has 0 radical (unpaired) electrons. The fraction of sp³-hybridized carbons (Fsp3) is 0.357. The zero-order valence-electron chi connectivity index (χ0n) is 20.5. The number of ether oxygens (including phenoxy) is 3. The van der Waals surface area contributed by atoms with Gasteiger partial charge in [-0.05, 0) is 66.6 Å². The number of fused-ring (bicyclic) bond motifs is 1. The Labute approximate surface area is 215 Å². The highest BCUT2D eigenvalue weighted by Crippen LogP contribution is 2.36. The first-order chi connectivity index (χ1) is 17.6. The lowest BCUT2D eigenvalue weighted by Gasteiger charge is -2.37. The lowest BCUT2D eigenvalue weighted by Crippen LogP contribution is -2.48. The molecule has 188 valence electrons. The van der Waals surface area contributed by atoms with Crippen LogP contribution in [-0.2, 0) is 11.2 Å². The van der Waals surface area contributed by atoms with E-state index in [-0.39, 0.29) is 30.4 Å². The minimum Gasteiger partial charge on any atom is -0.497 e. The number of hydrogen-bond acceptors (Lipinski definition) is 6. The summed E-state index contributed by atoms with van der Waals surface area (Å²) in [5.74, 6) is 1.71. The van der Waals surface area contributed by atoms with Crippen LogP contribution in [0.15, 0.2) is 60.0 Å². The van der Waals surface area contributed by atoms with Crippen LogP contribution in [0.2, 0.25) is 0 Å². The summed E-state index contributed by atoms with van der Waals surface area (Å²) in [4.78, 5) is 32.0. The quantitative estimate of drug-likeness (QED) is 0.425. The second-order valence-corrected chi connectivity index (χ2v) is 10.0. The van der Waals surface area contributed by atoms with Crippen LogP contribution in [0.3, 0.4) is 0 Å². The molecule has 1 unspecified atom stereocenters. The zero-order valence-corrected chi connectivity index (χ0v) is 21.3. The number of para-hydroxylation sites is 2. The largest absolute Gasteiger partial charge is 0.497 e. The number of carbonyl (C=O) groups excluding carboxylic acids is 2. The molecule has 36 heavy (non-hydrogen) atoms. The van der Waals surface area contributed by atoms with Gasteiger partial charge in [0.15, 0.2) is 11.5 Å². The van der Waals surface area contributed by atoms with Crippen LogP contribution in [0.25, 0.3) is 0 Å². The van der Waals surface area contributed by atoms with E-state index in [0.717, 1.165) is 24.8 Å². The summed E-state index contributed by atoms with van der Waals surface area (Å²) < 4.78 is 16.9. The third-order valence-corrected chi connectivity index (χ3v) is 7.75. The van der Waals surface area contributed by atoms with Crippen molar-refractivity contribution in [2.24, 2.45) is 0 Å². The summed E-state index contributed by atoms with van der Waals surface area (Å²) >= 11 is 1.71. The van der Waals surface area contributed by atoms with Crippen molar-refractivity contribution in [3.63, 3.8) is 0 Å². The Balaban J connectivity index is 1.35. The van der Waals surface area contributed by atoms with Gasteiger partial charge in [-0.3, -0.25) is 9.59 Å². The minimum absolute atomic E-state index is 0.0470. The number of amides is 2. The van der Waals surface area contributed by atoms with Gasteiger partial charge in [-0.2, -0.15) is 0 Å². The molecule has 5 rings (SSSR count). The van der Waals surface area contributed by atoms with Gasteiger partial charge in [-0.15, -0.1) is 11.3 Å². The molecule has 1 saturated carbocycles. The fourth-order valence-electron chi connectivity index (χ4n) is 4.69. The molecule has 2 aliphatic rings. The average Bonchev–Trinajstić information content (AvgIpc) is 3.65. The molecule has 0 saturated heterocycles. The first-order valence-electron chi connectivity index (χ1n) is 12.2. The highest BCUT2D eigenvalue weighted by molar-refractivity contribution is 7.10. The predicted octanol–water partition coefficient (Wildman–Crippen LogP) is 4.57. The number of carbonyl (C=O) groups is 2. The van der Waals surface area contributed by atoms with Crippen LogP contribution in [0, 0.1) is 0 Å². The van der Waals surface area contributed by atoms with Crippen LogP contribution in [0.1, 0.15) is 39.7 Å². The van der Waals surface area contributed by atoms with E-state index in [9.17, 15) is 9.59 Å². The number of nitrogens with zero attached hydrogens (tertiary/aromatic N) is 2. The Morgan fingerprint density at radius 3 is 2.58 bits per heavy atom. The van der Waals surface area contributed by atoms with Crippen LogP contribution < -0.4 is 14.2 Å². The van der Waals surface area contributed by atoms with Crippen LogP contribution in [-0.4, -0.2) is 61.6 Å². The highest BCUT2D eigenvalue weighted by atomic mass is 32.1. The van der Waals surface area contributed by atoms with Gasteiger partial charge in [0.1, 0.15) is 18.9 Å². The number of thiophene rings is 1. The Morgan fingerprint density at radius 1 is 1.03 bits per heavy atom. The molecule has 8 heteroatoms. The number of hydrogen-bond donors (Lipinski definition) is 0. The zero-order chi connectivity index (χ0) is 25.1. The summed E-state index contributed by atoms with van der Waals surface area (Å²) in [6, 6.07) is 16.6. The number of rotatable bonds is 9. The van der Waals surface area contributed by atoms with E-state index >= 15 is 0 Å². The third-order valence-electron chi connectivity index (χ3n) is 6.75. The lowest BCUT2D eigenvalue weighted by molar-refractivity contribution is -0.135. The van der Waals surface area contributed by atoms with Gasteiger partial charge in [0.2, 0.25) is 5.91 Å². The molecule has 0 spiro atoms. The normalized spacial score (nSPS) is 16.7. The third kappa shape index (κ3) is 5.04. The molecule has 2 heterocycles. The predicted molar refractivity (Wildman–Crippen MR) is 138 cm³/mol. The monoisotopic (exact) mass is 506 g/mol. The SMILES string of the molecule is COc1cccc(C(=O)N(CC(=O)N2CCc3sccc3C2COc2ccccc2OC)C2CC2)c1. The van der Waals surface area contributed by atoms with Crippen LogP contribution >= 0.6 is 11.3 Å². The molecule has 1 fully saturated rings. The standard InChI is InChI=1S/C28H30N2O5S/c1-33-21-7-5-6-19(16-21)28(32)30(20-10-11-20)17-27(31)29-14-12-26-22(13-15-36-26)23(29)18-35-25-9-4-3-8-24(25)34-2/h3-9,13,15-16,20,23H,10-12,14,17-18H2,1-2H3. The fourth-order valence-corrected chi connectivity index (χ4v) is 5.62. The van der Waals surface area contributed by atoms with Gasteiger partial charge in [-0.1, -0.05) is 18.2 Å². The van der Waals surface area contributed by atoms with E-state index in [1.54, 1.807) is 48.7 Å². The number of methoxy groups -OCH3 is 2.